The lowest BCUT2D eigenvalue weighted by Crippen LogP contribution is -2.67. The number of hydrogen-bond acceptors (Lipinski definition) is 3. The van der Waals surface area contributed by atoms with Gasteiger partial charge >= 0.3 is 0 Å². The van der Waals surface area contributed by atoms with Crippen molar-refractivity contribution >= 4 is 11.8 Å². The molecule has 0 saturated heterocycles. The first-order valence-corrected chi connectivity index (χ1v) is 13.0. The van der Waals surface area contributed by atoms with Crippen molar-refractivity contribution in [2.45, 2.75) is 108 Å². The molecule has 6 nitrogen and oxygen atoms in total. The van der Waals surface area contributed by atoms with Crippen molar-refractivity contribution in [1.82, 2.24) is 14.8 Å². The van der Waals surface area contributed by atoms with Crippen LogP contribution in [-0.4, -0.2) is 38.9 Å². The number of amides is 2. The minimum atomic E-state index is -0.925. The SMILES string of the molecule is C[C@]1(C(=O)NC2CCCCCC2)Cn2c(ccc2-c2ccco2)C(=O)N1C1CCCCCC1. The van der Waals surface area contributed by atoms with Crippen LogP contribution >= 0.6 is 0 Å². The standard InChI is InChI=1S/C27H37N3O3/c1-27(26(32)28-20-11-6-2-3-7-12-20)19-29-22(24-15-10-18-33-24)16-17-23(29)25(31)30(27)21-13-8-4-5-9-14-21/h10,15-18,20-21H,2-9,11-14,19H2,1H3,(H,28,32)/t27-/m1/s1. The van der Waals surface area contributed by atoms with E-state index in [1.807, 2.05) is 40.7 Å². The summed E-state index contributed by atoms with van der Waals surface area (Å²) in [5, 5.41) is 3.38. The van der Waals surface area contributed by atoms with Gasteiger partial charge in [0.05, 0.1) is 18.5 Å². The van der Waals surface area contributed by atoms with Crippen molar-refractivity contribution in [3.8, 4) is 11.5 Å². The Kier molecular flexibility index (Phi) is 6.35. The predicted octanol–water partition coefficient (Wildman–Crippen LogP) is 5.52. The Morgan fingerprint density at radius 2 is 1.58 bits per heavy atom. The number of carbonyl (C=O) groups is 2. The van der Waals surface area contributed by atoms with Crippen molar-refractivity contribution in [2.75, 3.05) is 0 Å². The first kappa shape index (κ1) is 22.3. The molecule has 1 atom stereocenters. The molecule has 6 heteroatoms. The molecule has 3 heterocycles. The molecule has 2 fully saturated rings. The summed E-state index contributed by atoms with van der Waals surface area (Å²) in [6.45, 7) is 2.43. The van der Waals surface area contributed by atoms with Gasteiger partial charge in [-0.15, -0.1) is 0 Å². The van der Waals surface area contributed by atoms with Crippen molar-refractivity contribution in [2.24, 2.45) is 0 Å². The van der Waals surface area contributed by atoms with E-state index in [2.05, 4.69) is 5.32 Å². The number of carbonyl (C=O) groups excluding carboxylic acids is 2. The largest absolute Gasteiger partial charge is 0.463 e. The fraction of sp³-hybridized carbons (Fsp3) is 0.630. The van der Waals surface area contributed by atoms with Gasteiger partial charge in [0.2, 0.25) is 5.91 Å². The number of nitrogens with one attached hydrogen (secondary N) is 1. The maximum atomic E-state index is 14.0. The first-order valence-electron chi connectivity index (χ1n) is 13.0. The number of aromatic nitrogens is 1. The second-order valence-electron chi connectivity index (χ2n) is 10.4. The Morgan fingerprint density at radius 1 is 0.939 bits per heavy atom. The van der Waals surface area contributed by atoms with Gasteiger partial charge in [-0.3, -0.25) is 9.59 Å². The highest BCUT2D eigenvalue weighted by atomic mass is 16.3. The number of furan rings is 1. The van der Waals surface area contributed by atoms with Crippen LogP contribution < -0.4 is 5.32 Å². The van der Waals surface area contributed by atoms with Gasteiger partial charge in [0.25, 0.3) is 5.91 Å². The van der Waals surface area contributed by atoms with Gasteiger partial charge in [0.15, 0.2) is 0 Å². The molecule has 0 unspecified atom stereocenters. The van der Waals surface area contributed by atoms with E-state index in [9.17, 15) is 9.59 Å². The van der Waals surface area contributed by atoms with Crippen molar-refractivity contribution < 1.29 is 14.0 Å². The molecule has 0 spiro atoms. The van der Waals surface area contributed by atoms with Gasteiger partial charge < -0.3 is 19.2 Å². The molecule has 5 rings (SSSR count). The molecule has 1 aliphatic heterocycles. The van der Waals surface area contributed by atoms with Gasteiger partial charge in [0, 0.05) is 12.1 Å². The zero-order valence-corrected chi connectivity index (χ0v) is 19.9. The molecule has 0 radical (unpaired) electrons. The molecule has 0 bridgehead atoms. The third-order valence-corrected chi connectivity index (χ3v) is 8.06. The molecule has 33 heavy (non-hydrogen) atoms. The average molecular weight is 452 g/mol. The van der Waals surface area contributed by atoms with E-state index in [0.29, 0.717) is 12.2 Å². The molecular formula is C27H37N3O3. The van der Waals surface area contributed by atoms with E-state index in [0.717, 1.165) is 62.8 Å². The van der Waals surface area contributed by atoms with Crippen molar-refractivity contribution in [3.05, 3.63) is 36.2 Å². The van der Waals surface area contributed by atoms with Crippen molar-refractivity contribution in [3.63, 3.8) is 0 Å². The minimum absolute atomic E-state index is 0.00302. The quantitative estimate of drug-likeness (QED) is 0.622. The minimum Gasteiger partial charge on any atom is -0.463 e. The van der Waals surface area contributed by atoms with Crippen molar-refractivity contribution in [1.29, 1.82) is 0 Å². The zero-order valence-electron chi connectivity index (χ0n) is 19.9. The highest BCUT2D eigenvalue weighted by molar-refractivity contribution is 6.00. The van der Waals surface area contributed by atoms with E-state index in [1.54, 1.807) is 6.26 Å². The van der Waals surface area contributed by atoms with Crippen LogP contribution in [0.4, 0.5) is 0 Å². The predicted molar refractivity (Wildman–Crippen MR) is 128 cm³/mol. The Morgan fingerprint density at radius 3 is 2.21 bits per heavy atom. The summed E-state index contributed by atoms with van der Waals surface area (Å²) in [7, 11) is 0. The van der Waals surface area contributed by atoms with Crippen LogP contribution in [0.2, 0.25) is 0 Å². The molecule has 178 valence electrons. The normalized spacial score (nSPS) is 25.4. The summed E-state index contributed by atoms with van der Waals surface area (Å²) in [5.41, 5.74) is 0.592. The van der Waals surface area contributed by atoms with Crippen LogP contribution in [0.15, 0.2) is 34.9 Å². The highest BCUT2D eigenvalue weighted by Crippen LogP contribution is 2.37. The van der Waals surface area contributed by atoms with E-state index in [-0.39, 0.29) is 23.9 Å². The number of fused-ring (bicyclic) bond motifs is 1. The van der Waals surface area contributed by atoms with Gasteiger partial charge in [-0.2, -0.15) is 0 Å². The highest BCUT2D eigenvalue weighted by Gasteiger charge is 2.50. The Bertz CT molecular complexity index is 963. The summed E-state index contributed by atoms with van der Waals surface area (Å²) < 4.78 is 7.66. The summed E-state index contributed by atoms with van der Waals surface area (Å²) in [6, 6.07) is 7.93. The topological polar surface area (TPSA) is 67.5 Å². The number of rotatable bonds is 4. The van der Waals surface area contributed by atoms with Gasteiger partial charge in [0.1, 0.15) is 17.0 Å². The number of nitrogens with zero attached hydrogens (tertiary/aromatic N) is 2. The fourth-order valence-corrected chi connectivity index (χ4v) is 6.23. The van der Waals surface area contributed by atoms with E-state index < -0.39 is 5.54 Å². The molecule has 2 amide bonds. The molecule has 1 N–H and O–H groups in total. The fourth-order valence-electron chi connectivity index (χ4n) is 6.23. The number of hydrogen-bond donors (Lipinski definition) is 1. The summed E-state index contributed by atoms with van der Waals surface area (Å²) in [4.78, 5) is 29.9. The van der Waals surface area contributed by atoms with Crippen LogP contribution in [0.5, 0.6) is 0 Å². The lowest BCUT2D eigenvalue weighted by atomic mass is 9.89. The maximum absolute atomic E-state index is 14.0. The van der Waals surface area contributed by atoms with E-state index >= 15 is 0 Å². The first-order chi connectivity index (χ1) is 16.1. The summed E-state index contributed by atoms with van der Waals surface area (Å²) in [6.07, 6.45) is 15.1. The maximum Gasteiger partial charge on any atom is 0.271 e. The lowest BCUT2D eigenvalue weighted by Gasteiger charge is -2.48. The van der Waals surface area contributed by atoms with Gasteiger partial charge in [-0.05, 0) is 56.9 Å². The average Bonchev–Trinajstić information content (AvgIpc) is 3.30. The molecule has 2 saturated carbocycles. The lowest BCUT2D eigenvalue weighted by molar-refractivity contribution is -0.135. The van der Waals surface area contributed by atoms with Crippen LogP contribution in [0.1, 0.15) is 94.5 Å². The smallest absolute Gasteiger partial charge is 0.271 e. The molecule has 2 aliphatic carbocycles. The van der Waals surface area contributed by atoms with Gasteiger partial charge in [-0.1, -0.05) is 51.4 Å². The van der Waals surface area contributed by atoms with Crippen LogP contribution in [0.25, 0.3) is 11.5 Å². The second kappa shape index (κ2) is 9.40. The summed E-state index contributed by atoms with van der Waals surface area (Å²) >= 11 is 0. The Balaban J connectivity index is 1.51. The van der Waals surface area contributed by atoms with Crippen LogP contribution in [0, 0.1) is 0 Å². The Labute approximate surface area is 196 Å². The molecule has 2 aromatic rings. The zero-order chi connectivity index (χ0) is 22.8. The monoisotopic (exact) mass is 451 g/mol. The van der Waals surface area contributed by atoms with E-state index in [1.165, 1.54) is 25.7 Å². The van der Waals surface area contributed by atoms with E-state index in [4.69, 9.17) is 4.42 Å². The van der Waals surface area contributed by atoms with Crippen LogP contribution in [0.3, 0.4) is 0 Å². The van der Waals surface area contributed by atoms with Gasteiger partial charge in [-0.25, -0.2) is 0 Å². The second-order valence-corrected chi connectivity index (χ2v) is 10.4. The third kappa shape index (κ3) is 4.24. The molecule has 2 aromatic heterocycles. The Hall–Kier alpha value is -2.50. The molecule has 3 aliphatic rings. The molecular weight excluding hydrogens is 414 g/mol. The molecule has 0 aromatic carbocycles. The third-order valence-electron chi connectivity index (χ3n) is 8.06. The van der Waals surface area contributed by atoms with Crippen LogP contribution in [-0.2, 0) is 11.3 Å². The summed E-state index contributed by atoms with van der Waals surface area (Å²) in [5.74, 6) is 0.699.